The number of carbonyl (C=O) groups excluding carboxylic acids is 8. The number of unbranched alkanes of at least 4 members (excludes halogenated alkanes) is 1. The molecule has 0 bridgehead atoms. The standard InChI is InChI=1S/C36H62N12O12/c1-4-8-22(45-36(60)26(14-17-30(53)54)48-34(58)24(43-20(3)49)13-16-29(51)52)32(56)47-25(12-15-28(40)50)35(59)46-23(9-5-6-11-27(38)39)33(57)44-21(31(41)55)10-7-18-42-19(2)37/h21-26H,4-18H2,1-3H3,(H2,37,42)(H3,38,39)(H2,40,50)(H2,41,55)(H,43,49)(H,44,57)(H,45,60)(H,46,59)(H,47,56)(H,48,58)(H,51,52)(H,53,54). The number of amides is 8. The number of rotatable bonds is 32. The second-order valence-corrected chi connectivity index (χ2v) is 14.1. The molecular weight excluding hydrogens is 792 g/mol. The summed E-state index contributed by atoms with van der Waals surface area (Å²) >= 11 is 0. The van der Waals surface area contributed by atoms with Gasteiger partial charge in [-0.2, -0.15) is 0 Å². The van der Waals surface area contributed by atoms with E-state index in [0.29, 0.717) is 18.7 Å². The highest BCUT2D eigenvalue weighted by molar-refractivity contribution is 5.97. The molecule has 0 radical (unpaired) electrons. The van der Waals surface area contributed by atoms with Crippen LogP contribution in [0.3, 0.4) is 0 Å². The monoisotopic (exact) mass is 854 g/mol. The highest BCUT2D eigenvalue weighted by Gasteiger charge is 2.33. The van der Waals surface area contributed by atoms with Crippen LogP contribution in [0.1, 0.15) is 111 Å². The van der Waals surface area contributed by atoms with Crippen molar-refractivity contribution in [3.63, 3.8) is 0 Å². The number of nitrogens with two attached hydrogens (primary N) is 4. The fourth-order valence-corrected chi connectivity index (χ4v) is 5.56. The number of carboxylic acids is 2. The smallest absolute Gasteiger partial charge is 0.303 e. The van der Waals surface area contributed by atoms with Crippen LogP contribution < -0.4 is 54.8 Å². The number of nitrogens with zero attached hydrogens (tertiary/aromatic N) is 1. The summed E-state index contributed by atoms with van der Waals surface area (Å²) in [6.07, 6.45) is -1.29. The van der Waals surface area contributed by atoms with E-state index in [1.54, 1.807) is 13.8 Å². The van der Waals surface area contributed by atoms with Crippen molar-refractivity contribution in [2.75, 3.05) is 6.54 Å². The van der Waals surface area contributed by atoms with Crippen LogP contribution in [-0.2, 0) is 47.9 Å². The van der Waals surface area contributed by atoms with Crippen LogP contribution in [0, 0.1) is 5.41 Å². The van der Waals surface area contributed by atoms with Crippen molar-refractivity contribution >= 4 is 70.9 Å². The quantitative estimate of drug-likeness (QED) is 0.0181. The molecule has 17 N–H and O–H groups in total. The molecule has 6 unspecified atom stereocenters. The fourth-order valence-electron chi connectivity index (χ4n) is 5.56. The lowest BCUT2D eigenvalue weighted by molar-refractivity contribution is -0.140. The van der Waals surface area contributed by atoms with Crippen molar-refractivity contribution in [3.05, 3.63) is 0 Å². The third-order valence-corrected chi connectivity index (χ3v) is 8.64. The summed E-state index contributed by atoms with van der Waals surface area (Å²) < 4.78 is 0. The molecule has 338 valence electrons. The maximum atomic E-state index is 13.8. The van der Waals surface area contributed by atoms with Gasteiger partial charge < -0.3 is 65.0 Å². The highest BCUT2D eigenvalue weighted by atomic mass is 16.4. The molecule has 0 spiro atoms. The third-order valence-electron chi connectivity index (χ3n) is 8.64. The van der Waals surface area contributed by atoms with Gasteiger partial charge in [0.25, 0.3) is 0 Å². The Labute approximate surface area is 347 Å². The first-order chi connectivity index (χ1) is 28.1. The van der Waals surface area contributed by atoms with Gasteiger partial charge in [-0.25, -0.2) is 0 Å². The van der Waals surface area contributed by atoms with Gasteiger partial charge in [0.1, 0.15) is 36.3 Å². The predicted octanol–water partition coefficient (Wildman–Crippen LogP) is -3.15. The predicted molar refractivity (Wildman–Crippen MR) is 215 cm³/mol. The van der Waals surface area contributed by atoms with Crippen molar-refractivity contribution in [1.82, 2.24) is 31.9 Å². The highest BCUT2D eigenvalue weighted by Crippen LogP contribution is 2.10. The average molecular weight is 855 g/mol. The molecular formula is C36H62N12O12. The first kappa shape index (κ1) is 53.6. The molecule has 24 nitrogen and oxygen atoms in total. The lowest BCUT2D eigenvalue weighted by atomic mass is 10.0. The SMILES string of the molecule is CCCC(NC(=O)C(CCC(=O)O)NC(=O)C(CCC(=O)O)NC(C)=O)C(=O)NC(CCC(N)=O)C(=O)NC(CCCCC(=N)N)C(=O)NC(CCCN=C(C)N)C(N)=O. The number of hydrogen-bond donors (Lipinski definition) is 13. The number of primary amides is 2. The van der Waals surface area contributed by atoms with Crippen molar-refractivity contribution in [2.24, 2.45) is 27.9 Å². The van der Waals surface area contributed by atoms with Gasteiger partial charge in [0.15, 0.2) is 0 Å². The summed E-state index contributed by atoms with van der Waals surface area (Å²) in [4.78, 5) is 130. The molecule has 0 aromatic rings. The molecule has 0 rings (SSSR count). The van der Waals surface area contributed by atoms with Crippen LogP contribution in [0.5, 0.6) is 0 Å². The zero-order chi connectivity index (χ0) is 45.9. The van der Waals surface area contributed by atoms with Gasteiger partial charge in [-0.05, 0) is 58.3 Å². The van der Waals surface area contributed by atoms with Crippen LogP contribution in [-0.4, -0.2) is 124 Å². The van der Waals surface area contributed by atoms with E-state index in [4.69, 9.17) is 33.5 Å². The van der Waals surface area contributed by atoms with Crippen molar-refractivity contribution in [2.45, 2.75) is 147 Å². The van der Waals surface area contributed by atoms with Crippen LogP contribution in [0.25, 0.3) is 0 Å². The summed E-state index contributed by atoms with van der Waals surface area (Å²) in [6.45, 7) is 4.57. The number of carbonyl (C=O) groups is 10. The van der Waals surface area contributed by atoms with E-state index in [1.807, 2.05) is 0 Å². The summed E-state index contributed by atoms with van der Waals surface area (Å²) in [5.74, 6) is -9.47. The number of nitrogens with one attached hydrogen (secondary N) is 7. The molecule has 60 heavy (non-hydrogen) atoms. The first-order valence-corrected chi connectivity index (χ1v) is 19.5. The topological polar surface area (TPSA) is 424 Å². The van der Waals surface area contributed by atoms with Crippen molar-refractivity contribution in [1.29, 1.82) is 5.41 Å². The number of amidine groups is 2. The van der Waals surface area contributed by atoms with Gasteiger partial charge in [-0.1, -0.05) is 19.8 Å². The molecule has 0 fully saturated rings. The van der Waals surface area contributed by atoms with E-state index in [9.17, 15) is 53.1 Å². The van der Waals surface area contributed by atoms with E-state index in [1.165, 1.54) is 0 Å². The van der Waals surface area contributed by atoms with Crippen LogP contribution in [0.2, 0.25) is 0 Å². The fraction of sp³-hybridized carbons (Fsp3) is 0.667. The minimum atomic E-state index is -1.58. The van der Waals surface area contributed by atoms with Gasteiger partial charge in [-0.15, -0.1) is 0 Å². The molecule has 0 heterocycles. The molecule has 0 aliphatic carbocycles. The number of carboxylic acid groups (broad SMARTS) is 2. The Morgan fingerprint density at radius 1 is 0.517 bits per heavy atom. The Kier molecular flexibility index (Phi) is 25.9. The number of hydrogen-bond acceptors (Lipinski definition) is 12. The largest absolute Gasteiger partial charge is 0.481 e. The minimum absolute atomic E-state index is 0.0133. The van der Waals surface area contributed by atoms with Gasteiger partial charge in [0, 0.05) is 39.2 Å². The molecule has 0 aromatic carbocycles. The zero-order valence-electron chi connectivity index (χ0n) is 34.3. The van der Waals surface area contributed by atoms with Crippen molar-refractivity contribution < 1.29 is 58.2 Å². The van der Waals surface area contributed by atoms with Crippen LogP contribution in [0.4, 0.5) is 0 Å². The molecule has 0 saturated heterocycles. The summed E-state index contributed by atoms with van der Waals surface area (Å²) in [6, 6.07) is -8.38. The Morgan fingerprint density at radius 2 is 0.900 bits per heavy atom. The van der Waals surface area contributed by atoms with E-state index in [0.717, 1.165) is 6.92 Å². The first-order valence-electron chi connectivity index (χ1n) is 19.5. The lowest BCUT2D eigenvalue weighted by Crippen LogP contribution is -2.59. The maximum absolute atomic E-state index is 13.8. The Balaban J connectivity index is 6.41. The summed E-state index contributed by atoms with van der Waals surface area (Å²) in [5.41, 5.74) is 21.8. The van der Waals surface area contributed by atoms with Gasteiger partial charge in [0.2, 0.25) is 47.3 Å². The Bertz CT molecular complexity index is 1570. The second kappa shape index (κ2) is 28.9. The van der Waals surface area contributed by atoms with Gasteiger partial charge in [-0.3, -0.25) is 58.3 Å². The number of aliphatic imine (C=N–C) groups is 1. The average Bonchev–Trinajstić information content (AvgIpc) is 3.14. The van der Waals surface area contributed by atoms with E-state index in [2.05, 4.69) is 36.9 Å². The van der Waals surface area contributed by atoms with Gasteiger partial charge >= 0.3 is 11.9 Å². The van der Waals surface area contributed by atoms with Crippen LogP contribution in [0.15, 0.2) is 4.99 Å². The summed E-state index contributed by atoms with van der Waals surface area (Å²) in [7, 11) is 0. The lowest BCUT2D eigenvalue weighted by Gasteiger charge is -2.27. The molecule has 24 heteroatoms. The van der Waals surface area contributed by atoms with Gasteiger partial charge in [0.05, 0.1) is 11.7 Å². The number of aliphatic carboxylic acids is 2. The molecule has 0 aliphatic heterocycles. The zero-order valence-corrected chi connectivity index (χ0v) is 34.3. The normalized spacial score (nSPS) is 14.1. The van der Waals surface area contributed by atoms with E-state index >= 15 is 0 Å². The third kappa shape index (κ3) is 24.4. The molecule has 0 aromatic heterocycles. The minimum Gasteiger partial charge on any atom is -0.481 e. The maximum Gasteiger partial charge on any atom is 0.303 e. The van der Waals surface area contributed by atoms with Crippen LogP contribution >= 0.6 is 0 Å². The Morgan fingerprint density at radius 3 is 1.27 bits per heavy atom. The molecule has 8 amide bonds. The van der Waals surface area contributed by atoms with E-state index in [-0.39, 0.29) is 63.7 Å². The Hall–Kier alpha value is -6.36. The second-order valence-electron chi connectivity index (χ2n) is 14.1. The molecule has 6 atom stereocenters. The molecule has 0 saturated carbocycles. The summed E-state index contributed by atoms with van der Waals surface area (Å²) in [5, 5.41) is 40.4. The van der Waals surface area contributed by atoms with E-state index < -0.39 is 121 Å². The molecule has 0 aliphatic rings. The van der Waals surface area contributed by atoms with Crippen molar-refractivity contribution in [3.8, 4) is 0 Å².